The Morgan fingerprint density at radius 3 is 1.92 bits per heavy atom. The van der Waals surface area contributed by atoms with Crippen LogP contribution in [0.25, 0.3) is 0 Å². The van der Waals surface area contributed by atoms with Crippen molar-refractivity contribution in [3.8, 4) is 0 Å². The SMILES string of the molecule is C[C@H](NC(=O)[C@@H](N)CO)C(=O)N[C@@H](CCC(=O)O)C(=O)N[C@@H](Cc1ccccc1)C(=O)N[C@@H](CS)C(=O)O. The molecule has 1 aromatic rings. The van der Waals surface area contributed by atoms with E-state index >= 15 is 0 Å². The molecule has 0 spiro atoms. The number of carboxylic acid groups (broad SMARTS) is 2. The van der Waals surface area contributed by atoms with E-state index < -0.39 is 78.8 Å². The molecule has 0 aliphatic carbocycles. The number of amides is 4. The number of aliphatic hydroxyl groups excluding tert-OH is 1. The minimum atomic E-state index is -1.42. The van der Waals surface area contributed by atoms with Crippen molar-refractivity contribution in [3.05, 3.63) is 35.9 Å². The number of aliphatic carboxylic acids is 2. The van der Waals surface area contributed by atoms with Crippen molar-refractivity contribution >= 4 is 48.2 Å². The monoisotopic (exact) mass is 555 g/mol. The van der Waals surface area contributed by atoms with Crippen molar-refractivity contribution in [2.24, 2.45) is 5.73 Å². The highest BCUT2D eigenvalue weighted by molar-refractivity contribution is 7.80. The van der Waals surface area contributed by atoms with Gasteiger partial charge in [0.25, 0.3) is 0 Å². The predicted octanol–water partition coefficient (Wildman–Crippen LogP) is -2.61. The fourth-order valence-electron chi connectivity index (χ4n) is 3.09. The first kappa shape index (κ1) is 32.3. The molecule has 1 rings (SSSR count). The van der Waals surface area contributed by atoms with Gasteiger partial charge in [0.1, 0.15) is 30.2 Å². The molecule has 0 fully saturated rings. The van der Waals surface area contributed by atoms with Crippen LogP contribution in [0.5, 0.6) is 0 Å². The Hall–Kier alpha value is -3.69. The van der Waals surface area contributed by atoms with Crippen LogP contribution in [-0.4, -0.2) is 93.5 Å². The van der Waals surface area contributed by atoms with Crippen LogP contribution in [-0.2, 0) is 35.2 Å². The van der Waals surface area contributed by atoms with E-state index in [2.05, 4.69) is 33.9 Å². The summed E-state index contributed by atoms with van der Waals surface area (Å²) < 4.78 is 0. The van der Waals surface area contributed by atoms with Gasteiger partial charge in [-0.2, -0.15) is 12.6 Å². The van der Waals surface area contributed by atoms with Gasteiger partial charge in [0.2, 0.25) is 23.6 Å². The number of benzene rings is 1. The van der Waals surface area contributed by atoms with Gasteiger partial charge in [-0.25, -0.2) is 4.79 Å². The Kier molecular flexibility index (Phi) is 13.8. The molecule has 0 bridgehead atoms. The third-order valence-corrected chi connectivity index (χ3v) is 5.64. The van der Waals surface area contributed by atoms with Crippen LogP contribution >= 0.6 is 12.6 Å². The molecular weight excluding hydrogens is 522 g/mol. The van der Waals surface area contributed by atoms with Crippen LogP contribution in [0.1, 0.15) is 25.3 Å². The summed E-state index contributed by atoms with van der Waals surface area (Å²) >= 11 is 3.91. The summed E-state index contributed by atoms with van der Waals surface area (Å²) in [6, 6.07) is 2.00. The second-order valence-corrected chi connectivity index (χ2v) is 8.71. The van der Waals surface area contributed by atoms with Crippen molar-refractivity contribution in [2.75, 3.05) is 12.4 Å². The van der Waals surface area contributed by atoms with E-state index in [1.54, 1.807) is 30.3 Å². The molecule has 5 atom stereocenters. The van der Waals surface area contributed by atoms with Crippen LogP contribution in [0.4, 0.5) is 0 Å². The molecule has 210 valence electrons. The summed E-state index contributed by atoms with van der Waals surface area (Å²) in [7, 11) is 0. The highest BCUT2D eigenvalue weighted by atomic mass is 32.1. The highest BCUT2D eigenvalue weighted by Crippen LogP contribution is 2.07. The smallest absolute Gasteiger partial charge is 0.327 e. The van der Waals surface area contributed by atoms with Crippen molar-refractivity contribution in [1.29, 1.82) is 0 Å². The number of hydrogen-bond donors (Lipinski definition) is 9. The minimum absolute atomic E-state index is 0.0393. The molecular formula is C23H33N5O9S. The van der Waals surface area contributed by atoms with E-state index in [1.807, 2.05) is 0 Å². The maximum atomic E-state index is 13.1. The molecule has 0 saturated heterocycles. The second-order valence-electron chi connectivity index (χ2n) is 8.35. The van der Waals surface area contributed by atoms with E-state index in [4.69, 9.17) is 15.9 Å². The van der Waals surface area contributed by atoms with Crippen LogP contribution in [0, 0.1) is 0 Å². The standard InChI is InChI=1S/C23H33N5O9S/c1-12(25-20(33)14(24)10-29)19(32)26-15(7-8-18(30)31)21(34)27-16(9-13-5-3-2-4-6-13)22(35)28-17(11-38)23(36)37/h2-6,12,14-17,29,38H,7-11,24H2,1H3,(H,25,33)(H,26,32)(H,27,34)(H,28,35)(H,30,31)(H,36,37)/t12-,14-,15-,16-,17-/m0/s1. The number of carbonyl (C=O) groups is 6. The van der Waals surface area contributed by atoms with Gasteiger partial charge in [0, 0.05) is 18.6 Å². The largest absolute Gasteiger partial charge is 0.481 e. The zero-order valence-electron chi connectivity index (χ0n) is 20.6. The predicted molar refractivity (Wildman–Crippen MR) is 137 cm³/mol. The van der Waals surface area contributed by atoms with Gasteiger partial charge in [0.15, 0.2) is 0 Å². The van der Waals surface area contributed by atoms with Gasteiger partial charge >= 0.3 is 11.9 Å². The average Bonchev–Trinajstić information content (AvgIpc) is 2.88. The summed E-state index contributed by atoms with van der Waals surface area (Å²) in [6.45, 7) is 0.628. The molecule has 38 heavy (non-hydrogen) atoms. The molecule has 0 heterocycles. The maximum absolute atomic E-state index is 13.1. The molecule has 0 saturated carbocycles. The number of hydrogen-bond acceptors (Lipinski definition) is 9. The zero-order chi connectivity index (χ0) is 28.8. The van der Waals surface area contributed by atoms with Gasteiger partial charge < -0.3 is 42.3 Å². The normalized spacial score (nSPS) is 14.6. The van der Waals surface area contributed by atoms with Gasteiger partial charge in [-0.05, 0) is 18.9 Å². The van der Waals surface area contributed by atoms with Crippen molar-refractivity contribution < 1.29 is 44.1 Å². The molecule has 15 heteroatoms. The summed E-state index contributed by atoms with van der Waals surface area (Å²) in [5.74, 6) is -6.19. The molecule has 1 aromatic carbocycles. The summed E-state index contributed by atoms with van der Waals surface area (Å²) in [4.78, 5) is 72.9. The molecule has 0 unspecified atom stereocenters. The van der Waals surface area contributed by atoms with E-state index in [0.717, 1.165) is 0 Å². The molecule has 14 nitrogen and oxygen atoms in total. The third-order valence-electron chi connectivity index (χ3n) is 5.28. The number of aliphatic hydroxyl groups is 1. The first-order chi connectivity index (χ1) is 17.9. The first-order valence-corrected chi connectivity index (χ1v) is 12.2. The number of thiol groups is 1. The zero-order valence-corrected chi connectivity index (χ0v) is 21.5. The van der Waals surface area contributed by atoms with Gasteiger partial charge in [-0.3, -0.25) is 24.0 Å². The van der Waals surface area contributed by atoms with Crippen LogP contribution < -0.4 is 27.0 Å². The number of rotatable bonds is 16. The first-order valence-electron chi connectivity index (χ1n) is 11.6. The van der Waals surface area contributed by atoms with Gasteiger partial charge in [-0.15, -0.1) is 0 Å². The Morgan fingerprint density at radius 2 is 1.39 bits per heavy atom. The lowest BCUT2D eigenvalue weighted by Gasteiger charge is -2.25. The Labute approximate surface area is 224 Å². The molecule has 0 aromatic heterocycles. The third kappa shape index (κ3) is 11.1. The maximum Gasteiger partial charge on any atom is 0.327 e. The molecule has 0 radical (unpaired) electrons. The van der Waals surface area contributed by atoms with Gasteiger partial charge in [-0.1, -0.05) is 30.3 Å². The summed E-state index contributed by atoms with van der Waals surface area (Å²) in [6.07, 6.45) is -0.898. The second kappa shape index (κ2) is 16.2. The lowest BCUT2D eigenvalue weighted by Crippen LogP contribution is -2.58. The van der Waals surface area contributed by atoms with E-state index in [-0.39, 0.29) is 18.6 Å². The Bertz CT molecular complexity index is 995. The number of nitrogens with one attached hydrogen (secondary N) is 4. The van der Waals surface area contributed by atoms with Crippen LogP contribution in [0.3, 0.4) is 0 Å². The molecule has 4 amide bonds. The van der Waals surface area contributed by atoms with E-state index in [0.29, 0.717) is 5.56 Å². The molecule has 0 aliphatic rings. The Balaban J connectivity index is 3.10. The highest BCUT2D eigenvalue weighted by Gasteiger charge is 2.31. The average molecular weight is 556 g/mol. The number of carboxylic acids is 2. The van der Waals surface area contributed by atoms with Gasteiger partial charge in [0.05, 0.1) is 6.61 Å². The minimum Gasteiger partial charge on any atom is -0.481 e. The van der Waals surface area contributed by atoms with E-state index in [9.17, 15) is 33.9 Å². The van der Waals surface area contributed by atoms with Crippen molar-refractivity contribution in [2.45, 2.75) is 56.4 Å². The topological polar surface area (TPSA) is 237 Å². The summed E-state index contributed by atoms with van der Waals surface area (Å²) in [5, 5.41) is 36.6. The van der Waals surface area contributed by atoms with Crippen LogP contribution in [0.2, 0.25) is 0 Å². The molecule has 0 aliphatic heterocycles. The quantitative estimate of drug-likeness (QED) is 0.0963. The lowest BCUT2D eigenvalue weighted by atomic mass is 10.0. The van der Waals surface area contributed by atoms with Crippen molar-refractivity contribution in [1.82, 2.24) is 21.3 Å². The van der Waals surface area contributed by atoms with Crippen molar-refractivity contribution in [3.63, 3.8) is 0 Å². The summed E-state index contributed by atoms with van der Waals surface area (Å²) in [5.41, 5.74) is 6.04. The lowest BCUT2D eigenvalue weighted by molar-refractivity contribution is -0.141. The Morgan fingerprint density at radius 1 is 0.842 bits per heavy atom. The van der Waals surface area contributed by atoms with Crippen LogP contribution in [0.15, 0.2) is 30.3 Å². The number of carbonyl (C=O) groups excluding carboxylic acids is 4. The fourth-order valence-corrected chi connectivity index (χ4v) is 3.34. The molecule has 9 N–H and O–H groups in total. The number of nitrogens with two attached hydrogens (primary N) is 1. The fraction of sp³-hybridized carbons (Fsp3) is 0.478. The van der Waals surface area contributed by atoms with E-state index in [1.165, 1.54) is 6.92 Å².